The van der Waals surface area contributed by atoms with Crippen molar-refractivity contribution in [2.45, 2.75) is 38.6 Å². The van der Waals surface area contributed by atoms with Gasteiger partial charge in [-0.05, 0) is 37.6 Å². The van der Waals surface area contributed by atoms with Gasteiger partial charge >= 0.3 is 0 Å². The summed E-state index contributed by atoms with van der Waals surface area (Å²) in [5.74, 6) is 1.06. The number of rotatable bonds is 5. The highest BCUT2D eigenvalue weighted by atomic mass is 16.5. The van der Waals surface area contributed by atoms with Crippen LogP contribution in [0.5, 0.6) is 0 Å². The maximum atomic E-state index is 6.14. The van der Waals surface area contributed by atoms with E-state index in [4.69, 9.17) is 9.15 Å². The number of aryl methyl sites for hydroxylation is 1. The summed E-state index contributed by atoms with van der Waals surface area (Å²) in [5.41, 5.74) is 2.08. The van der Waals surface area contributed by atoms with Gasteiger partial charge in [-0.2, -0.15) is 0 Å². The second-order valence-electron chi connectivity index (χ2n) is 6.90. The van der Waals surface area contributed by atoms with Crippen LogP contribution in [0.4, 0.5) is 0 Å². The summed E-state index contributed by atoms with van der Waals surface area (Å²) >= 11 is 0. The molecule has 0 radical (unpaired) electrons. The minimum absolute atomic E-state index is 0.320. The summed E-state index contributed by atoms with van der Waals surface area (Å²) < 4.78 is 11.6. The van der Waals surface area contributed by atoms with Crippen LogP contribution in [-0.4, -0.2) is 53.1 Å². The number of furan rings is 1. The molecule has 24 heavy (non-hydrogen) atoms. The number of hydrogen-bond donors (Lipinski definition) is 0. The highest BCUT2D eigenvalue weighted by Gasteiger charge is 2.36. The van der Waals surface area contributed by atoms with Crippen molar-refractivity contribution < 1.29 is 9.15 Å². The summed E-state index contributed by atoms with van der Waals surface area (Å²) in [5, 5.41) is 0. The van der Waals surface area contributed by atoms with Gasteiger partial charge in [-0.1, -0.05) is 6.07 Å². The Morgan fingerprint density at radius 3 is 3.00 bits per heavy atom. The molecule has 2 aromatic heterocycles. The molecule has 128 valence electrons. The van der Waals surface area contributed by atoms with E-state index in [2.05, 4.69) is 20.9 Å². The van der Waals surface area contributed by atoms with Gasteiger partial charge in [0.1, 0.15) is 5.76 Å². The lowest BCUT2D eigenvalue weighted by atomic mass is 10.1. The maximum Gasteiger partial charge on any atom is 0.117 e. The first-order valence-corrected chi connectivity index (χ1v) is 8.79. The molecule has 5 nitrogen and oxygen atoms in total. The highest BCUT2D eigenvalue weighted by molar-refractivity contribution is 5.09. The fourth-order valence-corrected chi connectivity index (χ4v) is 3.83. The second kappa shape index (κ2) is 7.05. The normalized spacial score (nSPS) is 25.0. The average Bonchev–Trinajstić information content (AvgIpc) is 3.22. The lowest BCUT2D eigenvalue weighted by molar-refractivity contribution is 0.0438. The first-order chi connectivity index (χ1) is 11.8. The topological polar surface area (TPSA) is 41.7 Å². The highest BCUT2D eigenvalue weighted by Crippen LogP contribution is 2.25. The molecular weight excluding hydrogens is 302 g/mol. The van der Waals surface area contributed by atoms with Crippen LogP contribution in [0, 0.1) is 6.92 Å². The molecule has 4 rings (SSSR count). The van der Waals surface area contributed by atoms with Crippen molar-refractivity contribution in [1.82, 2.24) is 14.8 Å². The van der Waals surface area contributed by atoms with Gasteiger partial charge in [-0.25, -0.2) is 0 Å². The first kappa shape index (κ1) is 15.8. The number of ether oxygens (including phenoxy) is 1. The van der Waals surface area contributed by atoms with Gasteiger partial charge in [0.25, 0.3) is 0 Å². The summed E-state index contributed by atoms with van der Waals surface area (Å²) in [6, 6.07) is 10.7. The third-order valence-corrected chi connectivity index (χ3v) is 5.03. The van der Waals surface area contributed by atoms with E-state index in [1.165, 1.54) is 0 Å². The van der Waals surface area contributed by atoms with E-state index in [-0.39, 0.29) is 0 Å². The van der Waals surface area contributed by atoms with Crippen LogP contribution in [0.1, 0.15) is 23.6 Å². The van der Waals surface area contributed by atoms with Crippen LogP contribution >= 0.6 is 0 Å². The standard InChI is InChI=1S/C19H25N3O2/c1-15-4-2-5-16(20-15)14-24-19-10-17-11-21(7-8-22(17)13-19)12-18-6-3-9-23-18/h2-6,9,17,19H,7-8,10-14H2,1H3/t17-,19-/m1/s1. The van der Waals surface area contributed by atoms with Crippen molar-refractivity contribution in [2.75, 3.05) is 26.2 Å². The fraction of sp³-hybridized carbons (Fsp3) is 0.526. The third-order valence-electron chi connectivity index (χ3n) is 5.03. The molecule has 0 saturated carbocycles. The largest absolute Gasteiger partial charge is 0.468 e. The minimum Gasteiger partial charge on any atom is -0.468 e. The Morgan fingerprint density at radius 1 is 1.21 bits per heavy atom. The molecule has 2 saturated heterocycles. The predicted molar refractivity (Wildman–Crippen MR) is 91.5 cm³/mol. The first-order valence-electron chi connectivity index (χ1n) is 8.79. The van der Waals surface area contributed by atoms with Crippen molar-refractivity contribution in [3.8, 4) is 0 Å². The second-order valence-corrected chi connectivity index (χ2v) is 6.90. The molecule has 4 heterocycles. The predicted octanol–water partition coefficient (Wildman–Crippen LogP) is 2.46. The Morgan fingerprint density at radius 2 is 2.17 bits per heavy atom. The van der Waals surface area contributed by atoms with Crippen LogP contribution < -0.4 is 0 Å². The van der Waals surface area contributed by atoms with Crippen molar-refractivity contribution in [2.24, 2.45) is 0 Å². The zero-order valence-corrected chi connectivity index (χ0v) is 14.2. The Bertz CT molecular complexity index is 658. The lowest BCUT2D eigenvalue weighted by Crippen LogP contribution is -2.49. The van der Waals surface area contributed by atoms with Crippen molar-refractivity contribution in [3.05, 3.63) is 53.7 Å². The van der Waals surface area contributed by atoms with Crippen LogP contribution in [0.15, 0.2) is 41.0 Å². The van der Waals surface area contributed by atoms with E-state index in [1.54, 1.807) is 6.26 Å². The molecule has 0 N–H and O–H groups in total. The number of aromatic nitrogens is 1. The van der Waals surface area contributed by atoms with E-state index in [0.717, 1.165) is 56.3 Å². The van der Waals surface area contributed by atoms with Gasteiger partial charge in [0.15, 0.2) is 0 Å². The molecule has 5 heteroatoms. The zero-order chi connectivity index (χ0) is 16.4. The summed E-state index contributed by atoms with van der Waals surface area (Å²) in [6.45, 7) is 7.91. The molecule has 0 bridgehead atoms. The third kappa shape index (κ3) is 3.69. The summed E-state index contributed by atoms with van der Waals surface area (Å²) in [6.07, 6.45) is 3.19. The number of pyridine rings is 1. The molecule has 2 fully saturated rings. The van der Waals surface area contributed by atoms with Crippen LogP contribution in [0.2, 0.25) is 0 Å². The smallest absolute Gasteiger partial charge is 0.117 e. The van der Waals surface area contributed by atoms with Gasteiger partial charge < -0.3 is 9.15 Å². The monoisotopic (exact) mass is 327 g/mol. The molecule has 0 aliphatic carbocycles. The molecule has 2 atom stereocenters. The number of nitrogens with zero attached hydrogens (tertiary/aromatic N) is 3. The number of hydrogen-bond acceptors (Lipinski definition) is 5. The van der Waals surface area contributed by atoms with Gasteiger partial charge in [0.05, 0.1) is 31.2 Å². The summed E-state index contributed by atoms with van der Waals surface area (Å²) in [7, 11) is 0. The van der Waals surface area contributed by atoms with E-state index < -0.39 is 0 Å². The molecule has 2 aliphatic heterocycles. The number of fused-ring (bicyclic) bond motifs is 1. The van der Waals surface area contributed by atoms with Gasteiger partial charge in [-0.3, -0.25) is 14.8 Å². The van der Waals surface area contributed by atoms with E-state index in [9.17, 15) is 0 Å². The summed E-state index contributed by atoms with van der Waals surface area (Å²) in [4.78, 5) is 9.59. The van der Waals surface area contributed by atoms with Crippen LogP contribution in [-0.2, 0) is 17.9 Å². The Kier molecular flexibility index (Phi) is 4.65. The Balaban J connectivity index is 1.28. The molecule has 2 aliphatic rings. The maximum absolute atomic E-state index is 6.14. The van der Waals surface area contributed by atoms with Crippen LogP contribution in [0.3, 0.4) is 0 Å². The Labute approximate surface area is 143 Å². The van der Waals surface area contributed by atoms with Crippen molar-refractivity contribution in [1.29, 1.82) is 0 Å². The van der Waals surface area contributed by atoms with Gasteiger partial charge in [0, 0.05) is 37.9 Å². The van der Waals surface area contributed by atoms with Crippen LogP contribution in [0.25, 0.3) is 0 Å². The quantitative estimate of drug-likeness (QED) is 0.844. The SMILES string of the molecule is Cc1cccc(CO[C@@H]2C[C@@H]3CN(Cc4ccco4)CCN3C2)n1. The minimum atomic E-state index is 0.320. The number of piperazine rings is 1. The van der Waals surface area contributed by atoms with Gasteiger partial charge in [0.2, 0.25) is 0 Å². The molecular formula is C19H25N3O2. The molecule has 2 aromatic rings. The van der Waals surface area contributed by atoms with E-state index in [0.29, 0.717) is 18.8 Å². The van der Waals surface area contributed by atoms with Crippen molar-refractivity contribution >= 4 is 0 Å². The Hall–Kier alpha value is -1.69. The zero-order valence-electron chi connectivity index (χ0n) is 14.2. The molecule has 0 aromatic carbocycles. The van der Waals surface area contributed by atoms with Gasteiger partial charge in [-0.15, -0.1) is 0 Å². The van der Waals surface area contributed by atoms with E-state index >= 15 is 0 Å². The molecule has 0 amide bonds. The average molecular weight is 327 g/mol. The fourth-order valence-electron chi connectivity index (χ4n) is 3.83. The lowest BCUT2D eigenvalue weighted by Gasteiger charge is -2.36. The van der Waals surface area contributed by atoms with E-state index in [1.807, 2.05) is 31.2 Å². The van der Waals surface area contributed by atoms with Crippen molar-refractivity contribution in [3.63, 3.8) is 0 Å². The molecule has 0 unspecified atom stereocenters. The molecule has 0 spiro atoms.